The van der Waals surface area contributed by atoms with Crippen LogP contribution < -0.4 is 16.2 Å². The minimum atomic E-state index is -0.247. The van der Waals surface area contributed by atoms with E-state index >= 15 is 0 Å². The molecule has 0 bridgehead atoms. The molecule has 1 unspecified atom stereocenters. The summed E-state index contributed by atoms with van der Waals surface area (Å²) in [4.78, 5) is 10.6. The van der Waals surface area contributed by atoms with Gasteiger partial charge in [-0.2, -0.15) is 0 Å². The van der Waals surface area contributed by atoms with Gasteiger partial charge < -0.3 is 16.2 Å². The van der Waals surface area contributed by atoms with Crippen LogP contribution in [0.3, 0.4) is 0 Å². The number of hydrogen-bond acceptors (Lipinski definition) is 3. The number of rotatable bonds is 7. The maximum Gasteiger partial charge on any atom is 0.217 e. The molecule has 0 aliphatic heterocycles. The number of ether oxygens (including phenoxy) is 1. The van der Waals surface area contributed by atoms with Crippen LogP contribution in [0.15, 0.2) is 24.3 Å². The monoisotopic (exact) mass is 236 g/mol. The number of amides is 1. The van der Waals surface area contributed by atoms with Crippen molar-refractivity contribution < 1.29 is 9.53 Å². The largest absolute Gasteiger partial charge is 0.497 e. The summed E-state index contributed by atoms with van der Waals surface area (Å²) >= 11 is 0. The lowest BCUT2D eigenvalue weighted by molar-refractivity contribution is -0.118. The molecule has 0 saturated heterocycles. The van der Waals surface area contributed by atoms with Crippen LogP contribution >= 0.6 is 0 Å². The summed E-state index contributed by atoms with van der Waals surface area (Å²) in [5.74, 6) is 0.581. The number of nitrogens with two attached hydrogens (primary N) is 2. The van der Waals surface area contributed by atoms with Gasteiger partial charge in [0.25, 0.3) is 0 Å². The van der Waals surface area contributed by atoms with Gasteiger partial charge in [0.15, 0.2) is 0 Å². The summed E-state index contributed by atoms with van der Waals surface area (Å²) in [7, 11) is 1.64. The van der Waals surface area contributed by atoms with Gasteiger partial charge in [-0.05, 0) is 30.5 Å². The highest BCUT2D eigenvalue weighted by Gasteiger charge is 2.06. The van der Waals surface area contributed by atoms with Gasteiger partial charge >= 0.3 is 0 Å². The van der Waals surface area contributed by atoms with Gasteiger partial charge in [0.05, 0.1) is 7.11 Å². The smallest absolute Gasteiger partial charge is 0.217 e. The molecule has 1 amide bonds. The number of carbonyl (C=O) groups excluding carboxylic acids is 1. The van der Waals surface area contributed by atoms with Gasteiger partial charge in [-0.15, -0.1) is 0 Å². The van der Waals surface area contributed by atoms with Gasteiger partial charge in [-0.1, -0.05) is 18.6 Å². The molecular formula is C13H20N2O2. The van der Waals surface area contributed by atoms with E-state index in [1.54, 1.807) is 7.11 Å². The molecule has 0 fully saturated rings. The molecule has 4 heteroatoms. The highest BCUT2D eigenvalue weighted by molar-refractivity contribution is 5.73. The minimum Gasteiger partial charge on any atom is -0.497 e. The SMILES string of the molecule is COc1ccc(C(N)CCCCC(N)=O)cc1. The lowest BCUT2D eigenvalue weighted by atomic mass is 10.0. The second kappa shape index (κ2) is 6.91. The maximum absolute atomic E-state index is 10.6. The van der Waals surface area contributed by atoms with Crippen molar-refractivity contribution >= 4 is 5.91 Å². The summed E-state index contributed by atoms with van der Waals surface area (Å²) in [6.45, 7) is 0. The van der Waals surface area contributed by atoms with Crippen LogP contribution in [0, 0.1) is 0 Å². The van der Waals surface area contributed by atoms with Crippen molar-refractivity contribution in [3.63, 3.8) is 0 Å². The van der Waals surface area contributed by atoms with Gasteiger partial charge in [0, 0.05) is 12.5 Å². The van der Waals surface area contributed by atoms with E-state index in [1.807, 2.05) is 24.3 Å². The van der Waals surface area contributed by atoms with E-state index in [9.17, 15) is 4.79 Å². The first-order valence-corrected chi connectivity index (χ1v) is 5.81. The Bertz CT molecular complexity index is 349. The Hall–Kier alpha value is -1.55. The van der Waals surface area contributed by atoms with E-state index in [1.165, 1.54) is 0 Å². The van der Waals surface area contributed by atoms with E-state index < -0.39 is 0 Å². The van der Waals surface area contributed by atoms with Crippen molar-refractivity contribution in [2.24, 2.45) is 11.5 Å². The summed E-state index contributed by atoms with van der Waals surface area (Å²) in [6.07, 6.45) is 3.02. The number of benzene rings is 1. The fourth-order valence-corrected chi connectivity index (χ4v) is 1.68. The predicted octanol–water partition coefficient (Wildman–Crippen LogP) is 1.74. The van der Waals surface area contributed by atoms with E-state index in [2.05, 4.69) is 0 Å². The van der Waals surface area contributed by atoms with Crippen molar-refractivity contribution in [1.82, 2.24) is 0 Å². The molecule has 0 radical (unpaired) electrons. The molecule has 0 aliphatic carbocycles. The Labute approximate surface area is 102 Å². The van der Waals surface area contributed by atoms with Crippen molar-refractivity contribution in [2.75, 3.05) is 7.11 Å². The van der Waals surface area contributed by atoms with Crippen LogP contribution in [0.2, 0.25) is 0 Å². The molecule has 1 atom stereocenters. The molecule has 1 rings (SSSR count). The molecule has 0 saturated carbocycles. The van der Waals surface area contributed by atoms with Crippen LogP contribution in [-0.4, -0.2) is 13.0 Å². The second-order valence-electron chi connectivity index (χ2n) is 4.09. The van der Waals surface area contributed by atoms with Crippen LogP contribution in [0.5, 0.6) is 5.75 Å². The summed E-state index contributed by atoms with van der Waals surface area (Å²) in [6, 6.07) is 7.75. The number of methoxy groups -OCH3 is 1. The molecule has 1 aromatic carbocycles. The van der Waals surface area contributed by atoms with Gasteiger partial charge in [0.1, 0.15) is 5.75 Å². The Morgan fingerprint density at radius 3 is 2.47 bits per heavy atom. The zero-order valence-corrected chi connectivity index (χ0v) is 10.2. The third-order valence-corrected chi connectivity index (χ3v) is 2.73. The van der Waals surface area contributed by atoms with E-state index in [0.717, 1.165) is 30.6 Å². The summed E-state index contributed by atoms with van der Waals surface area (Å²) in [5.41, 5.74) is 12.2. The van der Waals surface area contributed by atoms with Crippen molar-refractivity contribution in [3.8, 4) is 5.75 Å². The zero-order chi connectivity index (χ0) is 12.7. The highest BCUT2D eigenvalue weighted by atomic mass is 16.5. The Kier molecular flexibility index (Phi) is 5.49. The predicted molar refractivity (Wildman–Crippen MR) is 67.6 cm³/mol. The number of primary amides is 1. The first-order chi connectivity index (χ1) is 8.13. The summed E-state index contributed by atoms with van der Waals surface area (Å²) < 4.78 is 5.08. The van der Waals surface area contributed by atoms with Crippen molar-refractivity contribution in [3.05, 3.63) is 29.8 Å². The third kappa shape index (κ3) is 4.87. The molecule has 1 aromatic rings. The highest BCUT2D eigenvalue weighted by Crippen LogP contribution is 2.20. The molecular weight excluding hydrogens is 216 g/mol. The normalized spacial score (nSPS) is 12.1. The molecule has 0 spiro atoms. The topological polar surface area (TPSA) is 78.3 Å². The standard InChI is InChI=1S/C13H20N2O2/c1-17-11-8-6-10(7-9-11)12(14)4-2-3-5-13(15)16/h6-9,12H,2-5,14H2,1H3,(H2,15,16). The first kappa shape index (κ1) is 13.5. The minimum absolute atomic E-state index is 0.00813. The Balaban J connectivity index is 2.35. The lowest BCUT2D eigenvalue weighted by Crippen LogP contribution is -2.12. The molecule has 0 aromatic heterocycles. The maximum atomic E-state index is 10.6. The molecule has 4 N–H and O–H groups in total. The van der Waals surface area contributed by atoms with Crippen molar-refractivity contribution in [1.29, 1.82) is 0 Å². The van der Waals surface area contributed by atoms with E-state index in [-0.39, 0.29) is 11.9 Å². The van der Waals surface area contributed by atoms with Crippen LogP contribution in [0.1, 0.15) is 37.3 Å². The summed E-state index contributed by atoms with van der Waals surface area (Å²) in [5, 5.41) is 0. The molecule has 0 heterocycles. The Morgan fingerprint density at radius 2 is 1.94 bits per heavy atom. The van der Waals surface area contributed by atoms with Crippen LogP contribution in [0.4, 0.5) is 0 Å². The fraction of sp³-hybridized carbons (Fsp3) is 0.462. The molecule has 4 nitrogen and oxygen atoms in total. The third-order valence-electron chi connectivity index (χ3n) is 2.73. The van der Waals surface area contributed by atoms with Crippen LogP contribution in [0.25, 0.3) is 0 Å². The lowest BCUT2D eigenvalue weighted by Gasteiger charge is -2.12. The van der Waals surface area contributed by atoms with Gasteiger partial charge in [-0.25, -0.2) is 0 Å². The molecule has 0 aliphatic rings. The number of carbonyl (C=O) groups is 1. The second-order valence-corrected chi connectivity index (χ2v) is 4.09. The fourth-order valence-electron chi connectivity index (χ4n) is 1.68. The average Bonchev–Trinajstić information content (AvgIpc) is 2.34. The zero-order valence-electron chi connectivity index (χ0n) is 10.2. The van der Waals surface area contributed by atoms with E-state index in [0.29, 0.717) is 6.42 Å². The Morgan fingerprint density at radius 1 is 1.29 bits per heavy atom. The molecule has 94 valence electrons. The average molecular weight is 236 g/mol. The van der Waals surface area contributed by atoms with Crippen LogP contribution in [-0.2, 0) is 4.79 Å². The quantitative estimate of drug-likeness (QED) is 0.708. The molecule has 17 heavy (non-hydrogen) atoms. The first-order valence-electron chi connectivity index (χ1n) is 5.81. The number of unbranched alkanes of at least 4 members (excludes halogenated alkanes) is 1. The number of hydrogen-bond donors (Lipinski definition) is 2. The van der Waals surface area contributed by atoms with Gasteiger partial charge in [-0.3, -0.25) is 4.79 Å². The van der Waals surface area contributed by atoms with E-state index in [4.69, 9.17) is 16.2 Å². The van der Waals surface area contributed by atoms with Crippen molar-refractivity contribution in [2.45, 2.75) is 31.7 Å². The van der Waals surface area contributed by atoms with Gasteiger partial charge in [0.2, 0.25) is 5.91 Å².